The summed E-state index contributed by atoms with van der Waals surface area (Å²) in [6.07, 6.45) is -0.414. The predicted octanol–water partition coefficient (Wildman–Crippen LogP) is 0.136. The Balaban J connectivity index is 3.92. The second-order valence-electron chi connectivity index (χ2n) is 2.10. The molecule has 4 nitrogen and oxygen atoms in total. The molecule has 0 aliphatic carbocycles. The van der Waals surface area contributed by atoms with Gasteiger partial charge in [0.15, 0.2) is 0 Å². The molecule has 0 heterocycles. The molecule has 1 radical (unpaired) electrons. The highest BCUT2D eigenvalue weighted by atomic mass is 16.5. The lowest BCUT2D eigenvalue weighted by Gasteiger charge is -2.24. The summed E-state index contributed by atoms with van der Waals surface area (Å²) >= 11 is 0. The third kappa shape index (κ3) is 2.33. The van der Waals surface area contributed by atoms with Gasteiger partial charge in [-0.05, 0) is 13.8 Å². The number of hydroxylamine groups is 1. The molecule has 0 aromatic rings. The topological polar surface area (TPSA) is 52.2 Å². The monoisotopic (exact) mass is 145 g/mol. The molecule has 0 bridgehead atoms. The van der Waals surface area contributed by atoms with Crippen molar-refractivity contribution in [2.45, 2.75) is 26.9 Å². The van der Waals surface area contributed by atoms with Gasteiger partial charge in [0.2, 0.25) is 5.91 Å². The maximum absolute atomic E-state index is 10.7. The van der Waals surface area contributed by atoms with Crippen LogP contribution in [-0.4, -0.2) is 23.5 Å². The Hall–Kier alpha value is -0.610. The first-order valence-corrected chi connectivity index (χ1v) is 3.28. The van der Waals surface area contributed by atoms with E-state index >= 15 is 0 Å². The van der Waals surface area contributed by atoms with Crippen LogP contribution >= 0.6 is 0 Å². The van der Waals surface area contributed by atoms with Crippen LogP contribution in [0.3, 0.4) is 0 Å². The SMILES string of the molecule is CCN(C(C)=O)C(C)N[O]. The van der Waals surface area contributed by atoms with E-state index in [0.717, 1.165) is 0 Å². The quantitative estimate of drug-likeness (QED) is 0.453. The van der Waals surface area contributed by atoms with Crippen molar-refractivity contribution < 1.29 is 10.0 Å². The van der Waals surface area contributed by atoms with Gasteiger partial charge in [0.1, 0.15) is 6.17 Å². The number of hydrogen-bond donors (Lipinski definition) is 1. The van der Waals surface area contributed by atoms with E-state index in [0.29, 0.717) is 6.54 Å². The summed E-state index contributed by atoms with van der Waals surface area (Å²) in [7, 11) is 0. The van der Waals surface area contributed by atoms with E-state index in [1.54, 1.807) is 12.4 Å². The van der Waals surface area contributed by atoms with E-state index in [1.165, 1.54) is 11.8 Å². The lowest BCUT2D eigenvalue weighted by atomic mass is 10.4. The summed E-state index contributed by atoms with van der Waals surface area (Å²) in [5, 5.41) is 10.1. The lowest BCUT2D eigenvalue weighted by Crippen LogP contribution is -2.44. The molecule has 0 spiro atoms. The number of amides is 1. The normalized spacial score (nSPS) is 12.8. The number of rotatable bonds is 3. The standard InChI is InChI=1S/C6H13N2O2/c1-4-8(6(3)9)5(2)7-10/h5,7H,4H2,1-3H3. The van der Waals surface area contributed by atoms with Crippen LogP contribution in [0.4, 0.5) is 0 Å². The fourth-order valence-corrected chi connectivity index (χ4v) is 0.833. The molecule has 1 atom stereocenters. The molecule has 0 saturated carbocycles. The van der Waals surface area contributed by atoms with Gasteiger partial charge in [-0.2, -0.15) is 0 Å². The molecule has 0 aromatic carbocycles. The molecular formula is C6H13N2O2. The van der Waals surface area contributed by atoms with E-state index in [4.69, 9.17) is 0 Å². The summed E-state index contributed by atoms with van der Waals surface area (Å²) < 4.78 is 0. The van der Waals surface area contributed by atoms with Crippen LogP contribution < -0.4 is 5.48 Å². The Morgan fingerprint density at radius 2 is 2.20 bits per heavy atom. The number of carbonyl (C=O) groups excluding carboxylic acids is 1. The zero-order valence-electron chi connectivity index (χ0n) is 6.55. The molecule has 4 heteroatoms. The second-order valence-corrected chi connectivity index (χ2v) is 2.10. The highest BCUT2D eigenvalue weighted by Gasteiger charge is 2.12. The summed E-state index contributed by atoms with van der Waals surface area (Å²) in [6.45, 7) is 5.48. The summed E-state index contributed by atoms with van der Waals surface area (Å²) in [6, 6.07) is 0. The van der Waals surface area contributed by atoms with Crippen LogP contribution in [0.5, 0.6) is 0 Å². The lowest BCUT2D eigenvalue weighted by molar-refractivity contribution is -0.135. The van der Waals surface area contributed by atoms with Crippen molar-refractivity contribution in [3.05, 3.63) is 0 Å². The van der Waals surface area contributed by atoms with Gasteiger partial charge in [-0.25, -0.2) is 0 Å². The summed E-state index contributed by atoms with van der Waals surface area (Å²) in [5.74, 6) is -0.0849. The fraction of sp³-hybridized carbons (Fsp3) is 0.833. The second kappa shape index (κ2) is 4.24. The van der Waals surface area contributed by atoms with Gasteiger partial charge in [0.25, 0.3) is 0 Å². The molecule has 0 rings (SSSR count). The maximum atomic E-state index is 10.7. The Bertz CT molecular complexity index is 116. The predicted molar refractivity (Wildman–Crippen MR) is 36.3 cm³/mol. The summed E-state index contributed by atoms with van der Waals surface area (Å²) in [4.78, 5) is 12.2. The minimum absolute atomic E-state index is 0.0849. The molecule has 10 heavy (non-hydrogen) atoms. The average Bonchev–Trinajstić information content (AvgIpc) is 1.88. The fourth-order valence-electron chi connectivity index (χ4n) is 0.833. The molecule has 1 N–H and O–H groups in total. The largest absolute Gasteiger partial charge is 0.326 e. The Morgan fingerprint density at radius 3 is 2.30 bits per heavy atom. The highest BCUT2D eigenvalue weighted by molar-refractivity contribution is 5.73. The van der Waals surface area contributed by atoms with Gasteiger partial charge in [-0.1, -0.05) is 0 Å². The van der Waals surface area contributed by atoms with Crippen LogP contribution in [0.1, 0.15) is 20.8 Å². The van der Waals surface area contributed by atoms with Crippen LogP contribution in [0.15, 0.2) is 0 Å². The molecule has 59 valence electrons. The van der Waals surface area contributed by atoms with E-state index in [9.17, 15) is 10.0 Å². The molecule has 1 amide bonds. The van der Waals surface area contributed by atoms with E-state index < -0.39 is 6.17 Å². The third-order valence-corrected chi connectivity index (χ3v) is 1.38. The van der Waals surface area contributed by atoms with Crippen LogP contribution in [0, 0.1) is 0 Å². The first-order chi connectivity index (χ1) is 4.63. The Morgan fingerprint density at radius 1 is 1.70 bits per heavy atom. The number of nitrogens with zero attached hydrogens (tertiary/aromatic N) is 1. The summed E-state index contributed by atoms with van der Waals surface area (Å²) in [5.41, 5.74) is 1.75. The number of nitrogens with one attached hydrogen (secondary N) is 1. The van der Waals surface area contributed by atoms with Gasteiger partial charge < -0.3 is 4.90 Å². The Labute approximate surface area is 60.8 Å². The van der Waals surface area contributed by atoms with Gasteiger partial charge in [0, 0.05) is 13.5 Å². The Kier molecular flexibility index (Phi) is 3.99. The zero-order valence-corrected chi connectivity index (χ0v) is 6.55. The average molecular weight is 145 g/mol. The van der Waals surface area contributed by atoms with Gasteiger partial charge in [-0.3, -0.25) is 4.79 Å². The van der Waals surface area contributed by atoms with Crippen molar-refractivity contribution in [3.63, 3.8) is 0 Å². The third-order valence-electron chi connectivity index (χ3n) is 1.38. The van der Waals surface area contributed by atoms with Crippen molar-refractivity contribution in [2.75, 3.05) is 6.54 Å². The van der Waals surface area contributed by atoms with Crippen molar-refractivity contribution in [1.82, 2.24) is 10.4 Å². The van der Waals surface area contributed by atoms with Crippen molar-refractivity contribution >= 4 is 5.91 Å². The number of carbonyl (C=O) groups is 1. The van der Waals surface area contributed by atoms with Crippen molar-refractivity contribution in [2.24, 2.45) is 0 Å². The van der Waals surface area contributed by atoms with E-state index in [2.05, 4.69) is 0 Å². The molecular weight excluding hydrogens is 132 g/mol. The first-order valence-electron chi connectivity index (χ1n) is 3.28. The molecule has 1 unspecified atom stereocenters. The van der Waals surface area contributed by atoms with Crippen molar-refractivity contribution in [1.29, 1.82) is 0 Å². The van der Waals surface area contributed by atoms with Crippen molar-refractivity contribution in [3.8, 4) is 0 Å². The number of hydrogen-bond acceptors (Lipinski definition) is 2. The molecule has 0 aromatic heterocycles. The minimum Gasteiger partial charge on any atom is -0.326 e. The molecule has 0 aliphatic rings. The van der Waals surface area contributed by atoms with Gasteiger partial charge in [-0.15, -0.1) is 10.7 Å². The van der Waals surface area contributed by atoms with Gasteiger partial charge in [0.05, 0.1) is 0 Å². The highest BCUT2D eigenvalue weighted by Crippen LogP contribution is 1.93. The van der Waals surface area contributed by atoms with Crippen LogP contribution in [0.2, 0.25) is 0 Å². The smallest absolute Gasteiger partial charge is 0.220 e. The van der Waals surface area contributed by atoms with E-state index in [1.807, 2.05) is 6.92 Å². The van der Waals surface area contributed by atoms with Crippen LogP contribution in [-0.2, 0) is 10.0 Å². The van der Waals surface area contributed by atoms with Crippen LogP contribution in [0.25, 0.3) is 0 Å². The molecule has 0 fully saturated rings. The minimum atomic E-state index is -0.414. The van der Waals surface area contributed by atoms with Gasteiger partial charge >= 0.3 is 0 Å². The molecule has 0 aliphatic heterocycles. The first kappa shape index (κ1) is 9.39. The zero-order chi connectivity index (χ0) is 8.15. The molecule has 0 saturated heterocycles. The van der Waals surface area contributed by atoms with E-state index in [-0.39, 0.29) is 5.91 Å². The maximum Gasteiger partial charge on any atom is 0.220 e.